The quantitative estimate of drug-likeness (QED) is 0.773. The number of hydrogen-bond donors (Lipinski definition) is 1. The lowest BCUT2D eigenvalue weighted by molar-refractivity contribution is -0.142. The second-order valence-corrected chi connectivity index (χ2v) is 6.63. The van der Waals surface area contributed by atoms with Gasteiger partial charge in [-0.1, -0.05) is 19.8 Å². The zero-order valence-corrected chi connectivity index (χ0v) is 13.9. The van der Waals surface area contributed by atoms with E-state index in [0.717, 1.165) is 16.7 Å². The molecule has 2 rings (SSSR count). The molecule has 1 fully saturated rings. The average molecular weight is 310 g/mol. The first-order chi connectivity index (χ1) is 10.2. The van der Waals surface area contributed by atoms with Crippen LogP contribution >= 0.6 is 11.3 Å². The van der Waals surface area contributed by atoms with Crippen LogP contribution in [0, 0.1) is 5.92 Å². The lowest BCUT2D eigenvalue weighted by Gasteiger charge is -2.28. The van der Waals surface area contributed by atoms with Crippen molar-refractivity contribution in [1.82, 2.24) is 4.98 Å². The summed E-state index contributed by atoms with van der Waals surface area (Å²) < 4.78 is 4.95. The molecule has 118 valence electrons. The van der Waals surface area contributed by atoms with Crippen LogP contribution < -0.4 is 5.32 Å². The van der Waals surface area contributed by atoms with E-state index in [-0.39, 0.29) is 12.4 Å². The topological polar surface area (TPSA) is 51.2 Å². The van der Waals surface area contributed by atoms with Gasteiger partial charge in [0.05, 0.1) is 18.7 Å². The molecule has 1 aliphatic carbocycles. The number of hydrogen-bond acceptors (Lipinski definition) is 5. The number of aromatic nitrogens is 1. The molecular weight excluding hydrogens is 284 g/mol. The molecule has 21 heavy (non-hydrogen) atoms. The standard InChI is InChI=1S/C16H26N2O2S/c1-3-5-12-6-8-13(9-7-12)17-16-18-14(11-21-16)10-15(19)20-4-2/h11-13H,3-10H2,1-2H3,(H,17,18). The van der Waals surface area contributed by atoms with Gasteiger partial charge in [0.2, 0.25) is 0 Å². The van der Waals surface area contributed by atoms with E-state index in [4.69, 9.17) is 4.74 Å². The highest BCUT2D eigenvalue weighted by molar-refractivity contribution is 7.13. The van der Waals surface area contributed by atoms with Crippen molar-refractivity contribution >= 4 is 22.4 Å². The highest BCUT2D eigenvalue weighted by atomic mass is 32.1. The Hall–Kier alpha value is -1.10. The highest BCUT2D eigenvalue weighted by Crippen LogP contribution is 2.30. The third-order valence-electron chi connectivity index (χ3n) is 4.05. The molecule has 1 N–H and O–H groups in total. The first kappa shape index (κ1) is 16.3. The Labute approximate surface area is 131 Å². The largest absolute Gasteiger partial charge is 0.466 e. The first-order valence-corrected chi connectivity index (χ1v) is 8.95. The van der Waals surface area contributed by atoms with Gasteiger partial charge >= 0.3 is 5.97 Å². The van der Waals surface area contributed by atoms with E-state index >= 15 is 0 Å². The van der Waals surface area contributed by atoms with Gasteiger partial charge in [0.15, 0.2) is 5.13 Å². The monoisotopic (exact) mass is 310 g/mol. The number of rotatable bonds is 7. The van der Waals surface area contributed by atoms with Crippen molar-refractivity contribution < 1.29 is 9.53 Å². The molecule has 0 bridgehead atoms. The number of thiazole rings is 1. The van der Waals surface area contributed by atoms with Gasteiger partial charge in [-0.05, 0) is 38.5 Å². The molecule has 0 spiro atoms. The fourth-order valence-electron chi connectivity index (χ4n) is 2.99. The number of carbonyl (C=O) groups is 1. The number of carbonyl (C=O) groups excluding carboxylic acids is 1. The van der Waals surface area contributed by atoms with E-state index in [1.807, 2.05) is 12.3 Å². The fraction of sp³-hybridized carbons (Fsp3) is 0.750. The van der Waals surface area contributed by atoms with Gasteiger partial charge in [-0.15, -0.1) is 11.3 Å². The van der Waals surface area contributed by atoms with Crippen LogP contribution in [0.25, 0.3) is 0 Å². The summed E-state index contributed by atoms with van der Waals surface area (Å²) in [5, 5.41) is 6.41. The van der Waals surface area contributed by atoms with Crippen molar-refractivity contribution in [3.05, 3.63) is 11.1 Å². The summed E-state index contributed by atoms with van der Waals surface area (Å²) in [6.45, 7) is 4.51. The molecule has 0 atom stereocenters. The second-order valence-electron chi connectivity index (χ2n) is 5.78. The molecule has 1 saturated carbocycles. The summed E-state index contributed by atoms with van der Waals surface area (Å²) in [6.07, 6.45) is 8.06. The molecule has 1 aromatic heterocycles. The van der Waals surface area contributed by atoms with Gasteiger partial charge in [-0.2, -0.15) is 0 Å². The first-order valence-electron chi connectivity index (χ1n) is 8.07. The van der Waals surface area contributed by atoms with Crippen molar-refractivity contribution in [2.75, 3.05) is 11.9 Å². The smallest absolute Gasteiger partial charge is 0.311 e. The number of nitrogens with one attached hydrogen (secondary N) is 1. The summed E-state index contributed by atoms with van der Waals surface area (Å²) >= 11 is 1.58. The van der Waals surface area contributed by atoms with Crippen molar-refractivity contribution in [2.45, 2.75) is 64.8 Å². The number of nitrogens with zero attached hydrogens (tertiary/aromatic N) is 1. The molecule has 5 heteroatoms. The summed E-state index contributed by atoms with van der Waals surface area (Å²) in [7, 11) is 0. The Balaban J connectivity index is 1.76. The summed E-state index contributed by atoms with van der Waals surface area (Å²) in [6, 6.07) is 0.541. The van der Waals surface area contributed by atoms with Crippen molar-refractivity contribution in [2.24, 2.45) is 5.92 Å². The van der Waals surface area contributed by atoms with E-state index < -0.39 is 0 Å². The number of ether oxygens (including phenoxy) is 1. The van der Waals surface area contributed by atoms with Crippen LogP contribution in [0.4, 0.5) is 5.13 Å². The van der Waals surface area contributed by atoms with E-state index in [1.165, 1.54) is 38.5 Å². The van der Waals surface area contributed by atoms with Crippen LogP contribution in [-0.4, -0.2) is 23.6 Å². The van der Waals surface area contributed by atoms with Crippen molar-refractivity contribution in [1.29, 1.82) is 0 Å². The zero-order chi connectivity index (χ0) is 15.1. The second kappa shape index (κ2) is 8.37. The Morgan fingerprint density at radius 1 is 1.38 bits per heavy atom. The van der Waals surface area contributed by atoms with E-state index in [9.17, 15) is 4.79 Å². The molecule has 1 heterocycles. The number of anilines is 1. The predicted molar refractivity (Wildman–Crippen MR) is 86.7 cm³/mol. The molecule has 4 nitrogen and oxygen atoms in total. The molecule has 0 aliphatic heterocycles. The molecular formula is C16H26N2O2S. The predicted octanol–water partition coefficient (Wildman–Crippen LogP) is 4.02. The lowest BCUT2D eigenvalue weighted by atomic mass is 9.83. The molecule has 0 radical (unpaired) electrons. The Morgan fingerprint density at radius 2 is 2.14 bits per heavy atom. The normalized spacial score (nSPS) is 22.0. The van der Waals surface area contributed by atoms with Crippen LogP contribution in [-0.2, 0) is 16.0 Å². The van der Waals surface area contributed by atoms with Crippen molar-refractivity contribution in [3.8, 4) is 0 Å². The molecule has 0 aromatic carbocycles. The lowest BCUT2D eigenvalue weighted by Crippen LogP contribution is -2.26. The molecule has 0 unspecified atom stereocenters. The minimum atomic E-state index is -0.200. The summed E-state index contributed by atoms with van der Waals surface area (Å²) in [5.41, 5.74) is 0.806. The third-order valence-corrected chi connectivity index (χ3v) is 4.88. The minimum Gasteiger partial charge on any atom is -0.466 e. The Morgan fingerprint density at radius 3 is 2.81 bits per heavy atom. The van der Waals surface area contributed by atoms with E-state index in [2.05, 4.69) is 17.2 Å². The maximum absolute atomic E-state index is 11.4. The van der Waals surface area contributed by atoms with Crippen LogP contribution in [0.5, 0.6) is 0 Å². The van der Waals surface area contributed by atoms with Crippen LogP contribution in [0.15, 0.2) is 5.38 Å². The number of esters is 1. The van der Waals surface area contributed by atoms with Gasteiger partial charge < -0.3 is 10.1 Å². The van der Waals surface area contributed by atoms with Crippen LogP contribution in [0.2, 0.25) is 0 Å². The molecule has 0 saturated heterocycles. The van der Waals surface area contributed by atoms with Crippen LogP contribution in [0.1, 0.15) is 58.1 Å². The maximum Gasteiger partial charge on any atom is 0.311 e. The zero-order valence-electron chi connectivity index (χ0n) is 13.1. The van der Waals surface area contributed by atoms with E-state index in [0.29, 0.717) is 12.6 Å². The maximum atomic E-state index is 11.4. The van der Waals surface area contributed by atoms with E-state index in [1.54, 1.807) is 11.3 Å². The SMILES string of the molecule is CCCC1CCC(Nc2nc(CC(=O)OCC)cs2)CC1. The highest BCUT2D eigenvalue weighted by Gasteiger charge is 2.21. The molecule has 0 amide bonds. The fourth-order valence-corrected chi connectivity index (χ4v) is 3.78. The Kier molecular flexibility index (Phi) is 6.49. The molecule has 1 aromatic rings. The van der Waals surface area contributed by atoms with Gasteiger partial charge in [-0.25, -0.2) is 4.98 Å². The average Bonchev–Trinajstić information content (AvgIpc) is 2.89. The van der Waals surface area contributed by atoms with Crippen LogP contribution in [0.3, 0.4) is 0 Å². The summed E-state index contributed by atoms with van der Waals surface area (Å²) in [4.78, 5) is 15.9. The third kappa shape index (κ3) is 5.30. The van der Waals surface area contributed by atoms with Gasteiger partial charge in [-0.3, -0.25) is 4.79 Å². The van der Waals surface area contributed by atoms with Gasteiger partial charge in [0.1, 0.15) is 0 Å². The molecule has 1 aliphatic rings. The minimum absolute atomic E-state index is 0.200. The summed E-state index contributed by atoms with van der Waals surface area (Å²) in [5.74, 6) is 0.721. The van der Waals surface area contributed by atoms with Gasteiger partial charge in [0.25, 0.3) is 0 Å². The van der Waals surface area contributed by atoms with Crippen molar-refractivity contribution in [3.63, 3.8) is 0 Å². The van der Waals surface area contributed by atoms with Gasteiger partial charge in [0, 0.05) is 11.4 Å². The Bertz CT molecular complexity index is 439.